The minimum absolute atomic E-state index is 0.297. The highest BCUT2D eigenvalue weighted by molar-refractivity contribution is 7.99. The number of hydrogen-bond acceptors (Lipinski definition) is 5. The molecule has 6 heteroatoms. The zero-order chi connectivity index (χ0) is 11.4. The molecule has 1 N–H and O–H groups in total. The third-order valence-electron chi connectivity index (χ3n) is 1.80. The summed E-state index contributed by atoms with van der Waals surface area (Å²) in [7, 11) is 1.69. The van der Waals surface area contributed by atoms with Gasteiger partial charge in [0.25, 0.3) is 0 Å². The predicted molar refractivity (Wildman–Crippen MR) is 59.9 cm³/mol. The maximum atomic E-state index is 13.4. The summed E-state index contributed by atoms with van der Waals surface area (Å²) in [6.07, 6.45) is 4.46. The van der Waals surface area contributed by atoms with E-state index in [1.54, 1.807) is 31.6 Å². The third kappa shape index (κ3) is 2.46. The van der Waals surface area contributed by atoms with Gasteiger partial charge >= 0.3 is 0 Å². The van der Waals surface area contributed by atoms with Gasteiger partial charge in [-0.15, -0.1) is 0 Å². The lowest BCUT2D eigenvalue weighted by Crippen LogP contribution is -1.98. The van der Waals surface area contributed by atoms with Crippen LogP contribution in [0.3, 0.4) is 0 Å². The van der Waals surface area contributed by atoms with Gasteiger partial charge in [-0.25, -0.2) is 14.4 Å². The Morgan fingerprint density at radius 1 is 1.31 bits per heavy atom. The van der Waals surface area contributed by atoms with Crippen LogP contribution in [0.5, 0.6) is 0 Å². The summed E-state index contributed by atoms with van der Waals surface area (Å²) in [4.78, 5) is 12.6. The summed E-state index contributed by atoms with van der Waals surface area (Å²) >= 11 is 1.24. The molecule has 2 rings (SSSR count). The van der Waals surface area contributed by atoms with E-state index in [9.17, 15) is 4.39 Å². The smallest absolute Gasteiger partial charge is 0.223 e. The van der Waals surface area contributed by atoms with Gasteiger partial charge in [-0.2, -0.15) is 0 Å². The highest BCUT2D eigenvalue weighted by atomic mass is 32.2. The Morgan fingerprint density at radius 2 is 2.06 bits per heavy atom. The van der Waals surface area contributed by atoms with E-state index in [4.69, 9.17) is 0 Å². The molecule has 2 aromatic rings. The summed E-state index contributed by atoms with van der Waals surface area (Å²) in [6, 6.07) is 3.59. The SMILES string of the molecule is CNc1ncc(F)c(Sc2ccncc2)n1. The van der Waals surface area contributed by atoms with Crippen LogP contribution in [-0.4, -0.2) is 22.0 Å². The van der Waals surface area contributed by atoms with E-state index in [0.29, 0.717) is 11.0 Å². The zero-order valence-electron chi connectivity index (χ0n) is 8.51. The molecule has 0 amide bonds. The fourth-order valence-electron chi connectivity index (χ4n) is 1.06. The topological polar surface area (TPSA) is 50.7 Å². The number of nitrogens with zero attached hydrogens (tertiary/aromatic N) is 3. The molecule has 0 spiro atoms. The van der Waals surface area contributed by atoms with Crippen molar-refractivity contribution in [2.24, 2.45) is 0 Å². The van der Waals surface area contributed by atoms with Crippen LogP contribution in [-0.2, 0) is 0 Å². The fraction of sp³-hybridized carbons (Fsp3) is 0.100. The van der Waals surface area contributed by atoms with Crippen molar-refractivity contribution in [2.45, 2.75) is 9.92 Å². The first-order valence-electron chi connectivity index (χ1n) is 4.58. The van der Waals surface area contributed by atoms with Gasteiger partial charge in [0.05, 0.1) is 6.20 Å². The van der Waals surface area contributed by atoms with Gasteiger partial charge in [0.1, 0.15) is 5.03 Å². The van der Waals surface area contributed by atoms with Gasteiger partial charge in [0, 0.05) is 24.3 Å². The van der Waals surface area contributed by atoms with Crippen molar-refractivity contribution in [1.82, 2.24) is 15.0 Å². The monoisotopic (exact) mass is 236 g/mol. The van der Waals surface area contributed by atoms with Crippen molar-refractivity contribution in [3.8, 4) is 0 Å². The molecule has 0 fully saturated rings. The number of halogens is 1. The number of rotatable bonds is 3. The molecule has 2 heterocycles. The van der Waals surface area contributed by atoms with Crippen LogP contribution in [0.25, 0.3) is 0 Å². The third-order valence-corrected chi connectivity index (χ3v) is 2.79. The van der Waals surface area contributed by atoms with Crippen LogP contribution in [0.4, 0.5) is 10.3 Å². The van der Waals surface area contributed by atoms with E-state index < -0.39 is 5.82 Å². The first-order chi connectivity index (χ1) is 7.79. The minimum atomic E-state index is -0.430. The van der Waals surface area contributed by atoms with Crippen LogP contribution in [0.15, 0.2) is 40.6 Å². The van der Waals surface area contributed by atoms with E-state index in [-0.39, 0.29) is 0 Å². The molecule has 0 saturated carbocycles. The van der Waals surface area contributed by atoms with Crippen molar-refractivity contribution < 1.29 is 4.39 Å². The van der Waals surface area contributed by atoms with Gasteiger partial charge < -0.3 is 5.32 Å². The van der Waals surface area contributed by atoms with Crippen LogP contribution in [0, 0.1) is 5.82 Å². The van der Waals surface area contributed by atoms with E-state index in [1.165, 1.54) is 11.8 Å². The van der Waals surface area contributed by atoms with E-state index in [2.05, 4.69) is 20.3 Å². The number of pyridine rings is 1. The van der Waals surface area contributed by atoms with Gasteiger partial charge in [0.2, 0.25) is 5.95 Å². The van der Waals surface area contributed by atoms with Crippen molar-refractivity contribution in [1.29, 1.82) is 0 Å². The van der Waals surface area contributed by atoms with E-state index in [1.807, 2.05) is 0 Å². The van der Waals surface area contributed by atoms with Crippen LogP contribution >= 0.6 is 11.8 Å². The number of anilines is 1. The predicted octanol–water partition coefficient (Wildman–Crippen LogP) is 2.20. The van der Waals surface area contributed by atoms with Crippen LogP contribution in [0.1, 0.15) is 0 Å². The van der Waals surface area contributed by atoms with Crippen molar-refractivity contribution in [3.63, 3.8) is 0 Å². The Morgan fingerprint density at radius 3 is 2.75 bits per heavy atom. The summed E-state index contributed by atoms with van der Waals surface area (Å²) in [6.45, 7) is 0. The fourth-order valence-corrected chi connectivity index (χ4v) is 1.82. The van der Waals surface area contributed by atoms with Crippen LogP contribution in [0.2, 0.25) is 0 Å². The number of nitrogens with one attached hydrogen (secondary N) is 1. The quantitative estimate of drug-likeness (QED) is 0.828. The molecule has 0 unspecified atom stereocenters. The summed E-state index contributed by atoms with van der Waals surface area (Å²) in [5, 5.41) is 3.06. The second-order valence-corrected chi connectivity index (χ2v) is 3.94. The molecule has 0 radical (unpaired) electrons. The molecule has 0 aliphatic rings. The van der Waals surface area contributed by atoms with E-state index >= 15 is 0 Å². The molecular weight excluding hydrogens is 227 g/mol. The van der Waals surface area contributed by atoms with Gasteiger partial charge in [0.15, 0.2) is 5.82 Å². The first-order valence-corrected chi connectivity index (χ1v) is 5.39. The highest BCUT2D eigenvalue weighted by Crippen LogP contribution is 2.27. The Balaban J connectivity index is 2.27. The lowest BCUT2D eigenvalue weighted by atomic mass is 10.5. The Hall–Kier alpha value is -1.69. The van der Waals surface area contributed by atoms with Crippen molar-refractivity contribution in [3.05, 3.63) is 36.5 Å². The molecule has 16 heavy (non-hydrogen) atoms. The summed E-state index contributed by atoms with van der Waals surface area (Å²) < 4.78 is 13.4. The Labute approximate surface area is 96.4 Å². The second-order valence-electron chi connectivity index (χ2n) is 2.88. The van der Waals surface area contributed by atoms with Gasteiger partial charge in [-0.1, -0.05) is 11.8 Å². The molecule has 0 bridgehead atoms. The highest BCUT2D eigenvalue weighted by Gasteiger charge is 2.07. The Kier molecular flexibility index (Phi) is 3.31. The summed E-state index contributed by atoms with van der Waals surface area (Å²) in [5.41, 5.74) is 0. The average Bonchev–Trinajstić information content (AvgIpc) is 2.33. The maximum absolute atomic E-state index is 13.4. The molecular formula is C10H9FN4S. The maximum Gasteiger partial charge on any atom is 0.223 e. The molecule has 0 aliphatic carbocycles. The normalized spacial score (nSPS) is 10.1. The number of aromatic nitrogens is 3. The standard InChI is InChI=1S/C10H9FN4S/c1-12-10-14-6-8(11)9(15-10)16-7-2-4-13-5-3-7/h2-6H,1H3,(H,12,14,15). The van der Waals surface area contributed by atoms with Gasteiger partial charge in [-0.05, 0) is 12.1 Å². The molecule has 82 valence electrons. The lowest BCUT2D eigenvalue weighted by Gasteiger charge is -2.03. The first kappa shape index (κ1) is 10.8. The van der Waals surface area contributed by atoms with Crippen LogP contribution < -0.4 is 5.32 Å². The van der Waals surface area contributed by atoms with Crippen molar-refractivity contribution in [2.75, 3.05) is 12.4 Å². The lowest BCUT2D eigenvalue weighted by molar-refractivity contribution is 0.580. The summed E-state index contributed by atoms with van der Waals surface area (Å²) in [5.74, 6) is -0.0289. The Bertz CT molecular complexity index is 478. The van der Waals surface area contributed by atoms with E-state index in [0.717, 1.165) is 11.1 Å². The number of hydrogen-bond donors (Lipinski definition) is 1. The van der Waals surface area contributed by atoms with Gasteiger partial charge in [-0.3, -0.25) is 4.98 Å². The molecule has 4 nitrogen and oxygen atoms in total. The molecule has 0 saturated heterocycles. The second kappa shape index (κ2) is 4.89. The molecule has 2 aromatic heterocycles. The molecule has 0 atom stereocenters. The minimum Gasteiger partial charge on any atom is -0.357 e. The van der Waals surface area contributed by atoms with Crippen molar-refractivity contribution >= 4 is 17.7 Å². The molecule has 0 aromatic carbocycles. The molecule has 0 aliphatic heterocycles. The largest absolute Gasteiger partial charge is 0.357 e. The zero-order valence-corrected chi connectivity index (χ0v) is 9.33. The average molecular weight is 236 g/mol.